The maximum Gasteiger partial charge on any atom is 0.416 e. The monoisotopic (exact) mass is 859 g/mol. The standard InChI is InChI=1S/C42H38ClF4N9O5/c1-4-32-36(53-12-14-54(15-13-53)39(58)35-37(24(3)48-22-49-35)60-21-25-8-6-5-7-9-25)40(59)56-41(51-38(52-56)28-17-26-16-23(2)61-33(26)19-30(28)44)55(32)20-34(57)50-31-11-10-27(18-29(31)43)42(45,46)47/h5-11,17-19,22-23H,4,12-16,20-21H2,1-3H3,(H,50,57). The van der Waals surface area contributed by atoms with Crippen LogP contribution >= 0.6 is 11.6 Å². The molecule has 1 atom stereocenters. The Bertz CT molecular complexity index is 2740. The molecule has 61 heavy (non-hydrogen) atoms. The molecular weight excluding hydrogens is 822 g/mol. The van der Waals surface area contributed by atoms with Crippen molar-refractivity contribution >= 4 is 40.6 Å². The summed E-state index contributed by atoms with van der Waals surface area (Å²) in [5.74, 6) is -1.29. The van der Waals surface area contributed by atoms with Crippen molar-refractivity contribution in [1.29, 1.82) is 0 Å². The molecule has 1 unspecified atom stereocenters. The third kappa shape index (κ3) is 8.18. The normalized spacial score (nSPS) is 15.2. The molecule has 2 amide bonds. The van der Waals surface area contributed by atoms with Gasteiger partial charge in [0.1, 0.15) is 42.8 Å². The molecule has 1 fully saturated rings. The van der Waals surface area contributed by atoms with Crippen molar-refractivity contribution in [2.24, 2.45) is 0 Å². The molecule has 2 aliphatic heterocycles. The maximum absolute atomic E-state index is 15.6. The molecule has 19 heteroatoms. The first kappa shape index (κ1) is 41.2. The number of anilines is 2. The van der Waals surface area contributed by atoms with Gasteiger partial charge in [-0.25, -0.2) is 14.4 Å². The number of hydrogen-bond acceptors (Lipinski definition) is 10. The number of ether oxygens (including phenoxy) is 2. The Labute approximate surface area is 350 Å². The van der Waals surface area contributed by atoms with Crippen LogP contribution in [0.15, 0.2) is 71.8 Å². The topological polar surface area (TPSA) is 149 Å². The van der Waals surface area contributed by atoms with E-state index in [2.05, 4.69) is 25.4 Å². The third-order valence-corrected chi connectivity index (χ3v) is 10.9. The number of nitrogens with one attached hydrogen (secondary N) is 1. The van der Waals surface area contributed by atoms with Gasteiger partial charge in [-0.05, 0) is 55.7 Å². The van der Waals surface area contributed by atoms with Crippen molar-refractivity contribution in [3.05, 3.63) is 122 Å². The zero-order chi connectivity index (χ0) is 43.2. The second-order valence-corrected chi connectivity index (χ2v) is 15.1. The number of aromatic nitrogens is 6. The summed E-state index contributed by atoms with van der Waals surface area (Å²) in [5.41, 5.74) is 1.16. The van der Waals surface area contributed by atoms with E-state index in [0.29, 0.717) is 29.6 Å². The molecule has 3 aromatic heterocycles. The van der Waals surface area contributed by atoms with Crippen LogP contribution in [0.25, 0.3) is 17.2 Å². The van der Waals surface area contributed by atoms with Crippen molar-refractivity contribution in [3.63, 3.8) is 0 Å². The Balaban J connectivity index is 1.12. The number of halogens is 5. The van der Waals surface area contributed by atoms with Crippen molar-refractivity contribution < 1.29 is 36.6 Å². The summed E-state index contributed by atoms with van der Waals surface area (Å²) in [6, 6.07) is 14.8. The molecule has 6 aromatic rings. The lowest BCUT2D eigenvalue weighted by atomic mass is 10.1. The summed E-state index contributed by atoms with van der Waals surface area (Å²) < 4.78 is 69.9. The molecule has 3 aromatic carbocycles. The van der Waals surface area contributed by atoms with E-state index in [1.54, 1.807) is 29.7 Å². The highest BCUT2D eigenvalue weighted by atomic mass is 35.5. The van der Waals surface area contributed by atoms with Crippen molar-refractivity contribution in [2.75, 3.05) is 36.4 Å². The molecule has 1 N–H and O–H groups in total. The van der Waals surface area contributed by atoms with E-state index in [0.717, 1.165) is 27.8 Å². The van der Waals surface area contributed by atoms with Crippen LogP contribution in [0.2, 0.25) is 5.02 Å². The van der Waals surface area contributed by atoms with E-state index in [-0.39, 0.29) is 96.2 Å². The highest BCUT2D eigenvalue weighted by Gasteiger charge is 2.33. The highest BCUT2D eigenvalue weighted by Crippen LogP contribution is 2.36. The van der Waals surface area contributed by atoms with E-state index in [4.69, 9.17) is 21.1 Å². The van der Waals surface area contributed by atoms with Gasteiger partial charge in [0.2, 0.25) is 11.7 Å². The summed E-state index contributed by atoms with van der Waals surface area (Å²) in [4.78, 5) is 58.7. The summed E-state index contributed by atoms with van der Waals surface area (Å²) in [5, 5.41) is 6.70. The van der Waals surface area contributed by atoms with E-state index in [1.807, 2.05) is 37.3 Å². The van der Waals surface area contributed by atoms with Crippen LogP contribution in [-0.4, -0.2) is 78.1 Å². The van der Waals surface area contributed by atoms with Crippen molar-refractivity contribution in [1.82, 2.24) is 34.0 Å². The molecule has 0 radical (unpaired) electrons. The van der Waals surface area contributed by atoms with E-state index >= 15 is 4.39 Å². The fraction of sp³-hybridized carbons (Fsp3) is 0.310. The summed E-state index contributed by atoms with van der Waals surface area (Å²) in [7, 11) is 0. The highest BCUT2D eigenvalue weighted by molar-refractivity contribution is 6.33. The molecule has 0 aliphatic carbocycles. The largest absolute Gasteiger partial charge is 0.490 e. The average molecular weight is 860 g/mol. The molecule has 0 spiro atoms. The lowest BCUT2D eigenvalue weighted by Gasteiger charge is -2.36. The fourth-order valence-corrected chi connectivity index (χ4v) is 7.81. The van der Waals surface area contributed by atoms with Crippen LogP contribution in [-0.2, 0) is 37.0 Å². The number of nitrogens with zero attached hydrogens (tertiary/aromatic N) is 8. The summed E-state index contributed by atoms with van der Waals surface area (Å²) >= 11 is 6.17. The smallest absolute Gasteiger partial charge is 0.416 e. The Hall–Kier alpha value is -6.56. The first-order valence-electron chi connectivity index (χ1n) is 19.4. The van der Waals surface area contributed by atoms with Crippen LogP contribution < -0.4 is 25.2 Å². The molecule has 0 bridgehead atoms. The fourth-order valence-electron chi connectivity index (χ4n) is 7.58. The zero-order valence-electron chi connectivity index (χ0n) is 33.1. The van der Waals surface area contributed by atoms with E-state index in [1.165, 1.54) is 17.0 Å². The number of carbonyl (C=O) groups excluding carboxylic acids is 2. The van der Waals surface area contributed by atoms with Crippen LogP contribution in [0.3, 0.4) is 0 Å². The van der Waals surface area contributed by atoms with Gasteiger partial charge in [-0.3, -0.25) is 14.4 Å². The van der Waals surface area contributed by atoms with Gasteiger partial charge < -0.3 is 29.2 Å². The number of amides is 2. The number of alkyl halides is 3. The van der Waals surface area contributed by atoms with Gasteiger partial charge in [-0.1, -0.05) is 48.9 Å². The van der Waals surface area contributed by atoms with Crippen LogP contribution in [0, 0.1) is 12.7 Å². The van der Waals surface area contributed by atoms with E-state index in [9.17, 15) is 27.6 Å². The Morgan fingerprint density at radius 1 is 1.03 bits per heavy atom. The second kappa shape index (κ2) is 16.5. The van der Waals surface area contributed by atoms with Crippen molar-refractivity contribution in [3.8, 4) is 22.9 Å². The zero-order valence-corrected chi connectivity index (χ0v) is 33.8. The minimum absolute atomic E-state index is 0.0193. The van der Waals surface area contributed by atoms with Gasteiger partial charge in [0.25, 0.3) is 11.5 Å². The number of hydrogen-bond donors (Lipinski definition) is 1. The van der Waals surface area contributed by atoms with Gasteiger partial charge in [0.05, 0.1) is 33.2 Å². The summed E-state index contributed by atoms with van der Waals surface area (Å²) in [6.07, 6.45) is -2.79. The predicted octanol–water partition coefficient (Wildman–Crippen LogP) is 6.53. The maximum atomic E-state index is 15.6. The van der Waals surface area contributed by atoms with Crippen LogP contribution in [0.4, 0.5) is 28.9 Å². The minimum Gasteiger partial charge on any atom is -0.490 e. The molecule has 8 rings (SSSR count). The lowest BCUT2D eigenvalue weighted by molar-refractivity contribution is -0.137. The van der Waals surface area contributed by atoms with Crippen molar-refractivity contribution in [2.45, 2.75) is 59.0 Å². The number of rotatable bonds is 10. The first-order chi connectivity index (χ1) is 29.2. The molecule has 14 nitrogen and oxygen atoms in total. The Kier molecular flexibility index (Phi) is 11.1. The van der Waals surface area contributed by atoms with Crippen LogP contribution in [0.5, 0.6) is 11.5 Å². The minimum atomic E-state index is -4.65. The number of benzene rings is 3. The molecule has 1 saturated heterocycles. The quantitative estimate of drug-likeness (QED) is 0.151. The summed E-state index contributed by atoms with van der Waals surface area (Å²) in [6.45, 7) is 5.82. The molecule has 0 saturated carbocycles. The van der Waals surface area contributed by atoms with Crippen LogP contribution in [0.1, 0.15) is 52.4 Å². The van der Waals surface area contributed by atoms with E-state index < -0.39 is 35.6 Å². The van der Waals surface area contributed by atoms with Gasteiger partial charge in [-0.15, -0.1) is 5.10 Å². The number of carbonyl (C=O) groups is 2. The first-order valence-corrected chi connectivity index (χ1v) is 19.8. The SMILES string of the molecule is CCc1c(N2CCN(C(=O)c3ncnc(C)c3OCc3ccccc3)CC2)c(=O)n2nc(-c3cc4c(cc3F)OC(C)C4)nc2n1CC(=O)Nc1ccc(C(F)(F)F)cc1Cl. The Morgan fingerprint density at radius 2 is 1.79 bits per heavy atom. The molecule has 316 valence electrons. The lowest BCUT2D eigenvalue weighted by Crippen LogP contribution is -2.51. The number of piperazine rings is 1. The Morgan fingerprint density at radius 3 is 2.49 bits per heavy atom. The molecule has 2 aliphatic rings. The van der Waals surface area contributed by atoms with Gasteiger partial charge in [-0.2, -0.15) is 22.7 Å². The molecule has 5 heterocycles. The number of aryl methyl sites for hydroxylation is 1. The third-order valence-electron chi connectivity index (χ3n) is 10.6. The van der Waals surface area contributed by atoms with Gasteiger partial charge in [0, 0.05) is 38.7 Å². The predicted molar refractivity (Wildman–Crippen MR) is 217 cm³/mol. The van der Waals surface area contributed by atoms with Gasteiger partial charge >= 0.3 is 6.18 Å². The average Bonchev–Trinajstić information content (AvgIpc) is 3.84. The molecular formula is C42H38ClF4N9O5. The second-order valence-electron chi connectivity index (χ2n) is 14.7. The number of fused-ring (bicyclic) bond motifs is 2. The van der Waals surface area contributed by atoms with Gasteiger partial charge in [0.15, 0.2) is 17.3 Å².